The summed E-state index contributed by atoms with van der Waals surface area (Å²) in [7, 11) is 0. The summed E-state index contributed by atoms with van der Waals surface area (Å²) in [6.45, 7) is 3.12. The molecule has 0 saturated carbocycles. The van der Waals surface area contributed by atoms with E-state index < -0.39 is 5.60 Å². The van der Waals surface area contributed by atoms with Gasteiger partial charge in [-0.05, 0) is 12.5 Å². The van der Waals surface area contributed by atoms with Gasteiger partial charge in [-0.1, -0.05) is 29.8 Å². The van der Waals surface area contributed by atoms with Crippen molar-refractivity contribution in [3.63, 3.8) is 0 Å². The van der Waals surface area contributed by atoms with Crippen LogP contribution in [0.2, 0.25) is 0 Å². The minimum atomic E-state index is -0.887. The molecule has 0 unspecified atom stereocenters. The van der Waals surface area contributed by atoms with Crippen LogP contribution in [0.1, 0.15) is 17.5 Å². The molecule has 1 fully saturated rings. The van der Waals surface area contributed by atoms with Crippen LogP contribution in [0.3, 0.4) is 0 Å². The maximum atomic E-state index is 11.8. The number of carbonyl (C=O) groups is 1. The largest absolute Gasteiger partial charge is 0.386 e. The molecule has 2 N–H and O–H groups in total. The van der Waals surface area contributed by atoms with Gasteiger partial charge in [-0.15, -0.1) is 0 Å². The number of hydrogen-bond donors (Lipinski definition) is 2. The first kappa shape index (κ1) is 13.1. The van der Waals surface area contributed by atoms with Crippen LogP contribution >= 0.6 is 0 Å². The number of carbonyl (C=O) groups excluding carboxylic acids is 1. The predicted octanol–water partition coefficient (Wildman–Crippen LogP) is 0.805. The fourth-order valence-electron chi connectivity index (χ4n) is 2.07. The third-order valence-electron chi connectivity index (χ3n) is 3.14. The highest BCUT2D eigenvalue weighted by atomic mass is 16.5. The predicted molar refractivity (Wildman–Crippen MR) is 68.3 cm³/mol. The van der Waals surface area contributed by atoms with Crippen molar-refractivity contribution < 1.29 is 14.6 Å². The highest BCUT2D eigenvalue weighted by Gasteiger charge is 2.32. The molecule has 1 saturated heterocycles. The van der Waals surface area contributed by atoms with E-state index in [-0.39, 0.29) is 12.5 Å². The molecule has 0 aromatic heterocycles. The molecule has 4 heteroatoms. The topological polar surface area (TPSA) is 58.6 Å². The first-order valence-electron chi connectivity index (χ1n) is 6.20. The molecule has 1 aliphatic heterocycles. The SMILES string of the molecule is Cc1cccc(CC(=O)NC[C@]2(O)CCOC2)c1. The highest BCUT2D eigenvalue weighted by molar-refractivity contribution is 5.78. The molecule has 0 bridgehead atoms. The number of amides is 1. The van der Waals surface area contributed by atoms with Crippen molar-refractivity contribution in [3.05, 3.63) is 35.4 Å². The second-order valence-corrected chi connectivity index (χ2v) is 4.97. The third kappa shape index (κ3) is 3.55. The van der Waals surface area contributed by atoms with Crippen LogP contribution in [-0.2, 0) is 16.0 Å². The van der Waals surface area contributed by atoms with E-state index in [0.29, 0.717) is 26.1 Å². The van der Waals surface area contributed by atoms with Crippen LogP contribution in [0.5, 0.6) is 0 Å². The molecule has 1 aromatic rings. The van der Waals surface area contributed by atoms with E-state index in [4.69, 9.17) is 4.74 Å². The number of nitrogens with one attached hydrogen (secondary N) is 1. The normalized spacial score (nSPS) is 23.0. The summed E-state index contributed by atoms with van der Waals surface area (Å²) in [5.74, 6) is -0.0686. The summed E-state index contributed by atoms with van der Waals surface area (Å²) in [4.78, 5) is 11.8. The summed E-state index contributed by atoms with van der Waals surface area (Å²) in [5, 5.41) is 12.8. The quantitative estimate of drug-likeness (QED) is 0.830. The fourth-order valence-corrected chi connectivity index (χ4v) is 2.07. The van der Waals surface area contributed by atoms with Crippen molar-refractivity contribution in [3.8, 4) is 0 Å². The average Bonchev–Trinajstić information content (AvgIpc) is 2.74. The molecule has 1 amide bonds. The van der Waals surface area contributed by atoms with Crippen LogP contribution in [0, 0.1) is 6.92 Å². The van der Waals surface area contributed by atoms with Gasteiger partial charge in [0, 0.05) is 19.6 Å². The molecule has 1 aromatic carbocycles. The minimum absolute atomic E-state index is 0.0686. The van der Waals surface area contributed by atoms with Gasteiger partial charge in [0.05, 0.1) is 13.0 Å². The maximum Gasteiger partial charge on any atom is 0.224 e. The highest BCUT2D eigenvalue weighted by Crippen LogP contribution is 2.16. The molecule has 1 aliphatic rings. The summed E-state index contributed by atoms with van der Waals surface area (Å²) in [6.07, 6.45) is 0.927. The van der Waals surface area contributed by atoms with Gasteiger partial charge >= 0.3 is 0 Å². The van der Waals surface area contributed by atoms with E-state index in [2.05, 4.69) is 5.32 Å². The zero-order valence-electron chi connectivity index (χ0n) is 10.6. The summed E-state index contributed by atoms with van der Waals surface area (Å²) >= 11 is 0. The number of ether oxygens (including phenoxy) is 1. The van der Waals surface area contributed by atoms with E-state index in [0.717, 1.165) is 11.1 Å². The fraction of sp³-hybridized carbons (Fsp3) is 0.500. The Morgan fingerprint density at radius 1 is 1.56 bits per heavy atom. The van der Waals surface area contributed by atoms with E-state index in [9.17, 15) is 9.90 Å². The van der Waals surface area contributed by atoms with Gasteiger partial charge in [-0.2, -0.15) is 0 Å². The summed E-state index contributed by atoms with van der Waals surface area (Å²) in [6, 6.07) is 7.86. The molecular weight excluding hydrogens is 230 g/mol. The zero-order chi connectivity index (χ0) is 13.0. The average molecular weight is 249 g/mol. The number of benzene rings is 1. The van der Waals surface area contributed by atoms with E-state index in [1.54, 1.807) is 0 Å². The van der Waals surface area contributed by atoms with Crippen LogP contribution in [0.25, 0.3) is 0 Å². The molecule has 4 nitrogen and oxygen atoms in total. The molecule has 2 rings (SSSR count). The van der Waals surface area contributed by atoms with Gasteiger partial charge in [0.1, 0.15) is 5.60 Å². The smallest absolute Gasteiger partial charge is 0.224 e. The Morgan fingerprint density at radius 3 is 3.06 bits per heavy atom. The molecule has 0 aliphatic carbocycles. The molecule has 98 valence electrons. The Hall–Kier alpha value is -1.39. The summed E-state index contributed by atoms with van der Waals surface area (Å²) in [5.41, 5.74) is 1.24. The van der Waals surface area contributed by atoms with Gasteiger partial charge in [0.25, 0.3) is 0 Å². The lowest BCUT2D eigenvalue weighted by Crippen LogP contribution is -2.43. The number of aryl methyl sites for hydroxylation is 1. The minimum Gasteiger partial charge on any atom is -0.386 e. The summed E-state index contributed by atoms with van der Waals surface area (Å²) < 4.78 is 5.13. The van der Waals surface area contributed by atoms with Crippen LogP contribution in [0.4, 0.5) is 0 Å². The van der Waals surface area contributed by atoms with Crippen LogP contribution < -0.4 is 5.32 Å². The molecule has 1 heterocycles. The standard InChI is InChI=1S/C14H19NO3/c1-11-3-2-4-12(7-11)8-13(16)15-9-14(17)5-6-18-10-14/h2-4,7,17H,5-6,8-10H2,1H3,(H,15,16)/t14-/m1/s1. The van der Waals surface area contributed by atoms with Gasteiger partial charge in [-0.3, -0.25) is 4.79 Å². The molecule has 18 heavy (non-hydrogen) atoms. The van der Waals surface area contributed by atoms with Crippen LogP contribution in [-0.4, -0.2) is 36.4 Å². The maximum absolute atomic E-state index is 11.8. The zero-order valence-corrected chi connectivity index (χ0v) is 10.6. The Morgan fingerprint density at radius 2 is 2.39 bits per heavy atom. The molecule has 1 atom stereocenters. The Balaban J connectivity index is 1.82. The van der Waals surface area contributed by atoms with E-state index >= 15 is 0 Å². The van der Waals surface area contributed by atoms with Gasteiger partial charge in [0.15, 0.2) is 0 Å². The monoisotopic (exact) mass is 249 g/mol. The van der Waals surface area contributed by atoms with Gasteiger partial charge in [0.2, 0.25) is 5.91 Å². The number of aliphatic hydroxyl groups is 1. The van der Waals surface area contributed by atoms with Gasteiger partial charge < -0.3 is 15.2 Å². The number of rotatable bonds is 4. The van der Waals surface area contributed by atoms with E-state index in [1.165, 1.54) is 0 Å². The number of hydrogen-bond acceptors (Lipinski definition) is 3. The first-order chi connectivity index (χ1) is 8.57. The van der Waals surface area contributed by atoms with Crippen molar-refractivity contribution in [2.45, 2.75) is 25.4 Å². The van der Waals surface area contributed by atoms with E-state index in [1.807, 2.05) is 31.2 Å². The second-order valence-electron chi connectivity index (χ2n) is 4.97. The van der Waals surface area contributed by atoms with Crippen molar-refractivity contribution in [1.29, 1.82) is 0 Å². The molecular formula is C14H19NO3. The Labute approximate surface area is 107 Å². The third-order valence-corrected chi connectivity index (χ3v) is 3.14. The van der Waals surface area contributed by atoms with Crippen molar-refractivity contribution in [2.24, 2.45) is 0 Å². The lowest BCUT2D eigenvalue weighted by molar-refractivity contribution is -0.121. The molecule has 0 radical (unpaired) electrons. The molecule has 0 spiro atoms. The Kier molecular flexibility index (Phi) is 3.99. The second kappa shape index (κ2) is 5.50. The first-order valence-corrected chi connectivity index (χ1v) is 6.20. The van der Waals surface area contributed by atoms with Crippen molar-refractivity contribution >= 4 is 5.91 Å². The van der Waals surface area contributed by atoms with Crippen LogP contribution in [0.15, 0.2) is 24.3 Å². The lowest BCUT2D eigenvalue weighted by atomic mass is 10.0. The lowest BCUT2D eigenvalue weighted by Gasteiger charge is -2.20. The Bertz CT molecular complexity index is 425. The van der Waals surface area contributed by atoms with Crippen molar-refractivity contribution in [2.75, 3.05) is 19.8 Å². The van der Waals surface area contributed by atoms with Crippen molar-refractivity contribution in [1.82, 2.24) is 5.32 Å². The van der Waals surface area contributed by atoms with Gasteiger partial charge in [-0.25, -0.2) is 0 Å².